The molecule has 1 amide bonds. The maximum absolute atomic E-state index is 12.5. The Hall–Kier alpha value is -3.42. The first-order valence-corrected chi connectivity index (χ1v) is 9.17. The molecule has 0 saturated carbocycles. The highest BCUT2D eigenvalue weighted by Crippen LogP contribution is 2.30. The lowest BCUT2D eigenvalue weighted by Gasteiger charge is -2.11. The molecule has 0 unspecified atom stereocenters. The first-order chi connectivity index (χ1) is 14.3. The van der Waals surface area contributed by atoms with Crippen LogP contribution in [0.4, 0.5) is 8.78 Å². The van der Waals surface area contributed by atoms with Crippen molar-refractivity contribution < 1.29 is 32.6 Å². The van der Waals surface area contributed by atoms with E-state index in [1.165, 1.54) is 23.1 Å². The fraction of sp³-hybridized carbons (Fsp3) is 0.273. The molecule has 8 heteroatoms. The number of allylic oxidation sites excluding steroid dienone is 1. The van der Waals surface area contributed by atoms with Crippen molar-refractivity contribution in [1.29, 1.82) is 0 Å². The standard InChI is InChI=1S/C22H23F2NO5/c1-4-28-20-13-15(6-12-19(20)30-22(23)24)5-11-18(26)16-7-9-17(10-8-16)29-14-21(27)25(2)3/h5-13,22H,4,14H2,1-3H3. The minimum absolute atomic E-state index is 0.0707. The number of hydrogen-bond acceptors (Lipinski definition) is 5. The summed E-state index contributed by atoms with van der Waals surface area (Å²) in [5, 5.41) is 0. The summed E-state index contributed by atoms with van der Waals surface area (Å²) in [6, 6.07) is 10.8. The van der Waals surface area contributed by atoms with Crippen LogP contribution in [0.2, 0.25) is 0 Å². The highest BCUT2D eigenvalue weighted by molar-refractivity contribution is 6.06. The number of hydrogen-bond donors (Lipinski definition) is 0. The van der Waals surface area contributed by atoms with Crippen LogP contribution < -0.4 is 14.2 Å². The second-order valence-corrected chi connectivity index (χ2v) is 6.32. The fourth-order valence-electron chi connectivity index (χ4n) is 2.35. The SMILES string of the molecule is CCOc1cc(C=CC(=O)c2ccc(OCC(=O)N(C)C)cc2)ccc1OC(F)F. The smallest absolute Gasteiger partial charge is 0.387 e. The van der Waals surface area contributed by atoms with Gasteiger partial charge in [-0.25, -0.2) is 0 Å². The Labute approximate surface area is 173 Å². The second-order valence-electron chi connectivity index (χ2n) is 6.32. The molecular weight excluding hydrogens is 396 g/mol. The van der Waals surface area contributed by atoms with Gasteiger partial charge < -0.3 is 19.1 Å². The van der Waals surface area contributed by atoms with Crippen molar-refractivity contribution in [2.45, 2.75) is 13.5 Å². The molecule has 6 nitrogen and oxygen atoms in total. The minimum Gasteiger partial charge on any atom is -0.490 e. The lowest BCUT2D eigenvalue weighted by atomic mass is 10.1. The molecule has 0 bridgehead atoms. The molecule has 0 radical (unpaired) electrons. The predicted molar refractivity (Wildman–Crippen MR) is 108 cm³/mol. The van der Waals surface area contributed by atoms with Crippen molar-refractivity contribution in [1.82, 2.24) is 4.90 Å². The number of ketones is 1. The average Bonchev–Trinajstić information content (AvgIpc) is 2.72. The number of alkyl halides is 2. The number of ether oxygens (including phenoxy) is 3. The van der Waals surface area contributed by atoms with Gasteiger partial charge in [0.25, 0.3) is 5.91 Å². The topological polar surface area (TPSA) is 65.1 Å². The number of rotatable bonds is 10. The van der Waals surface area contributed by atoms with Gasteiger partial charge in [-0.3, -0.25) is 9.59 Å². The second kappa shape index (κ2) is 10.9. The molecule has 0 N–H and O–H groups in total. The Bertz CT molecular complexity index is 895. The molecule has 2 rings (SSSR count). The summed E-state index contributed by atoms with van der Waals surface area (Å²) in [5.74, 6) is 0.146. The number of carbonyl (C=O) groups excluding carboxylic acids is 2. The molecule has 0 saturated heterocycles. The zero-order chi connectivity index (χ0) is 22.1. The van der Waals surface area contributed by atoms with Gasteiger partial charge in [-0.1, -0.05) is 12.1 Å². The Morgan fingerprint density at radius 2 is 1.73 bits per heavy atom. The quantitative estimate of drug-likeness (QED) is 0.429. The van der Waals surface area contributed by atoms with Crippen LogP contribution in [-0.4, -0.2) is 50.5 Å². The highest BCUT2D eigenvalue weighted by Gasteiger charge is 2.11. The van der Waals surface area contributed by atoms with Gasteiger partial charge in [0.1, 0.15) is 5.75 Å². The fourth-order valence-corrected chi connectivity index (χ4v) is 2.35. The monoisotopic (exact) mass is 419 g/mol. The molecule has 2 aromatic carbocycles. The van der Waals surface area contributed by atoms with Crippen LogP contribution in [0.25, 0.3) is 6.08 Å². The number of benzene rings is 2. The zero-order valence-corrected chi connectivity index (χ0v) is 16.9. The van der Waals surface area contributed by atoms with Gasteiger partial charge in [0.2, 0.25) is 0 Å². The van der Waals surface area contributed by atoms with Crippen LogP contribution in [0.5, 0.6) is 17.2 Å². The lowest BCUT2D eigenvalue weighted by molar-refractivity contribution is -0.130. The van der Waals surface area contributed by atoms with E-state index in [2.05, 4.69) is 4.74 Å². The highest BCUT2D eigenvalue weighted by atomic mass is 19.3. The minimum atomic E-state index is -2.96. The maximum Gasteiger partial charge on any atom is 0.387 e. The number of carbonyl (C=O) groups is 2. The number of halogens is 2. The van der Waals surface area contributed by atoms with Gasteiger partial charge in [0.05, 0.1) is 6.61 Å². The van der Waals surface area contributed by atoms with E-state index in [1.807, 2.05) is 0 Å². The van der Waals surface area contributed by atoms with Crippen molar-refractivity contribution in [2.24, 2.45) is 0 Å². The molecular formula is C22H23F2NO5. The van der Waals surface area contributed by atoms with E-state index in [9.17, 15) is 18.4 Å². The maximum atomic E-state index is 12.5. The first-order valence-electron chi connectivity index (χ1n) is 9.17. The molecule has 0 atom stereocenters. The normalized spacial score (nSPS) is 10.9. The van der Waals surface area contributed by atoms with Crippen LogP contribution in [-0.2, 0) is 4.79 Å². The van der Waals surface area contributed by atoms with Gasteiger partial charge in [-0.15, -0.1) is 0 Å². The van der Waals surface area contributed by atoms with Gasteiger partial charge >= 0.3 is 6.61 Å². The molecule has 0 aromatic heterocycles. The average molecular weight is 419 g/mol. The molecule has 0 heterocycles. The lowest BCUT2D eigenvalue weighted by Crippen LogP contribution is -2.27. The van der Waals surface area contributed by atoms with Gasteiger partial charge in [0.15, 0.2) is 23.9 Å². The first kappa shape index (κ1) is 22.9. The van der Waals surface area contributed by atoms with Gasteiger partial charge in [-0.2, -0.15) is 8.78 Å². The summed E-state index contributed by atoms with van der Waals surface area (Å²) in [6.07, 6.45) is 2.92. The number of amides is 1. The summed E-state index contributed by atoms with van der Waals surface area (Å²) < 4.78 is 40.1. The molecule has 160 valence electrons. The molecule has 0 aliphatic carbocycles. The van der Waals surface area contributed by atoms with Crippen molar-refractivity contribution >= 4 is 17.8 Å². The molecule has 2 aromatic rings. The van der Waals surface area contributed by atoms with Crippen LogP contribution >= 0.6 is 0 Å². The van der Waals surface area contributed by atoms with E-state index < -0.39 is 6.61 Å². The third kappa shape index (κ3) is 6.88. The van der Waals surface area contributed by atoms with E-state index in [4.69, 9.17) is 9.47 Å². The summed E-state index contributed by atoms with van der Waals surface area (Å²) in [6.45, 7) is -1.05. The van der Waals surface area contributed by atoms with Gasteiger partial charge in [0, 0.05) is 19.7 Å². The van der Waals surface area contributed by atoms with Crippen molar-refractivity contribution in [3.63, 3.8) is 0 Å². The summed E-state index contributed by atoms with van der Waals surface area (Å²) in [4.78, 5) is 25.3. The van der Waals surface area contributed by atoms with Crippen LogP contribution in [0.15, 0.2) is 48.5 Å². The van der Waals surface area contributed by atoms with Crippen molar-refractivity contribution in [3.8, 4) is 17.2 Å². The largest absolute Gasteiger partial charge is 0.490 e. The van der Waals surface area contributed by atoms with E-state index in [0.717, 1.165) is 0 Å². The summed E-state index contributed by atoms with van der Waals surface area (Å²) >= 11 is 0. The molecule has 30 heavy (non-hydrogen) atoms. The van der Waals surface area contributed by atoms with E-state index in [1.54, 1.807) is 57.4 Å². The Kier molecular flexibility index (Phi) is 8.34. The molecule has 0 fully saturated rings. The van der Waals surface area contributed by atoms with Gasteiger partial charge in [-0.05, 0) is 55.0 Å². The Balaban J connectivity index is 2.04. The van der Waals surface area contributed by atoms with Crippen LogP contribution in [0.3, 0.4) is 0 Å². The van der Waals surface area contributed by atoms with Crippen LogP contribution in [0.1, 0.15) is 22.8 Å². The molecule has 0 aliphatic heterocycles. The Morgan fingerprint density at radius 3 is 2.33 bits per heavy atom. The zero-order valence-electron chi connectivity index (χ0n) is 16.9. The predicted octanol–water partition coefficient (Wildman–Crippen LogP) is 4.05. The van der Waals surface area contributed by atoms with E-state index >= 15 is 0 Å². The van der Waals surface area contributed by atoms with E-state index in [-0.39, 0.29) is 36.4 Å². The van der Waals surface area contributed by atoms with Crippen molar-refractivity contribution in [2.75, 3.05) is 27.3 Å². The summed E-state index contributed by atoms with van der Waals surface area (Å²) in [7, 11) is 3.27. The number of nitrogens with zero attached hydrogens (tertiary/aromatic N) is 1. The molecule has 0 aliphatic rings. The third-order valence-corrected chi connectivity index (χ3v) is 3.91. The summed E-state index contributed by atoms with van der Waals surface area (Å²) in [5.41, 5.74) is 1.02. The Morgan fingerprint density at radius 1 is 1.03 bits per heavy atom. The van der Waals surface area contributed by atoms with Crippen molar-refractivity contribution in [3.05, 3.63) is 59.7 Å². The van der Waals surface area contributed by atoms with E-state index in [0.29, 0.717) is 16.9 Å². The third-order valence-electron chi connectivity index (χ3n) is 3.91. The molecule has 0 spiro atoms. The van der Waals surface area contributed by atoms with Crippen LogP contribution in [0, 0.1) is 0 Å². The number of likely N-dealkylation sites (N-methyl/N-ethyl adjacent to an activating group) is 1.